The van der Waals surface area contributed by atoms with Crippen molar-refractivity contribution >= 4 is 27.5 Å². The first-order valence-electron chi connectivity index (χ1n) is 7.81. The lowest BCUT2D eigenvalue weighted by molar-refractivity contribution is -0.122. The number of likely N-dealkylation sites (N-methyl/N-ethyl adjacent to an activating group) is 1. The Hall–Kier alpha value is -1.05. The van der Waals surface area contributed by atoms with Crippen LogP contribution in [-0.4, -0.2) is 62.7 Å². The number of rotatable bonds is 8. The summed E-state index contributed by atoms with van der Waals surface area (Å²) in [4.78, 5) is 15.0. The molecule has 2 rings (SSSR count). The van der Waals surface area contributed by atoms with Gasteiger partial charge in [0.05, 0.1) is 18.1 Å². The molecule has 128 valence electrons. The normalized spacial score (nSPS) is 19.8. The van der Waals surface area contributed by atoms with Crippen molar-refractivity contribution in [2.24, 2.45) is 0 Å². The van der Waals surface area contributed by atoms with Crippen molar-refractivity contribution in [1.82, 2.24) is 10.2 Å². The highest BCUT2D eigenvalue weighted by Crippen LogP contribution is 2.17. The average Bonchev–Trinajstić information content (AvgIpc) is 2.88. The van der Waals surface area contributed by atoms with E-state index in [2.05, 4.69) is 17.4 Å². The average molecular weight is 357 g/mol. The molecule has 1 aliphatic heterocycles. The lowest BCUT2D eigenvalue weighted by atomic mass is 10.2. The van der Waals surface area contributed by atoms with Crippen LogP contribution in [0.3, 0.4) is 0 Å². The van der Waals surface area contributed by atoms with Crippen LogP contribution in [0.25, 0.3) is 0 Å². The predicted molar refractivity (Wildman–Crippen MR) is 94.5 cm³/mol. The fourth-order valence-corrected chi connectivity index (χ4v) is 5.22. The molecule has 1 amide bonds. The van der Waals surface area contributed by atoms with Crippen molar-refractivity contribution in [2.45, 2.75) is 23.8 Å². The molecule has 1 aromatic carbocycles. The molecule has 1 N–H and O–H groups in total. The quantitative estimate of drug-likeness (QED) is 0.563. The molecule has 0 radical (unpaired) electrons. The van der Waals surface area contributed by atoms with E-state index in [1.807, 2.05) is 30.1 Å². The zero-order valence-corrected chi connectivity index (χ0v) is 15.0. The number of carbonyl (C=O) groups is 1. The van der Waals surface area contributed by atoms with Gasteiger partial charge in [0.15, 0.2) is 9.84 Å². The molecule has 0 spiro atoms. The maximum absolute atomic E-state index is 11.9. The van der Waals surface area contributed by atoms with Crippen LogP contribution in [0, 0.1) is 0 Å². The molecule has 0 aliphatic carbocycles. The van der Waals surface area contributed by atoms with Gasteiger partial charge in [0.2, 0.25) is 5.91 Å². The van der Waals surface area contributed by atoms with E-state index in [9.17, 15) is 13.2 Å². The molecule has 1 heterocycles. The molecule has 1 atom stereocenters. The van der Waals surface area contributed by atoms with Crippen molar-refractivity contribution in [3.8, 4) is 0 Å². The van der Waals surface area contributed by atoms with Crippen LogP contribution in [0.2, 0.25) is 0 Å². The van der Waals surface area contributed by atoms with Crippen molar-refractivity contribution in [3.63, 3.8) is 0 Å². The Labute approximate surface area is 142 Å². The molecule has 1 aromatic rings. The second-order valence-corrected chi connectivity index (χ2v) is 9.23. The van der Waals surface area contributed by atoms with Crippen molar-refractivity contribution in [3.05, 3.63) is 30.3 Å². The van der Waals surface area contributed by atoms with E-state index in [0.717, 1.165) is 12.2 Å². The van der Waals surface area contributed by atoms with Crippen molar-refractivity contribution < 1.29 is 13.2 Å². The third-order valence-electron chi connectivity index (χ3n) is 3.88. The van der Waals surface area contributed by atoms with Gasteiger partial charge in [0, 0.05) is 17.5 Å². The molecule has 7 heteroatoms. The Bertz CT molecular complexity index is 605. The molecular formula is C16H24N2O3S2. The molecule has 0 unspecified atom stereocenters. The van der Waals surface area contributed by atoms with Crippen molar-refractivity contribution in [2.75, 3.05) is 37.4 Å². The minimum atomic E-state index is -2.90. The van der Waals surface area contributed by atoms with E-state index in [1.165, 1.54) is 4.90 Å². The minimum absolute atomic E-state index is 0.0283. The maximum atomic E-state index is 11.9. The highest BCUT2D eigenvalue weighted by molar-refractivity contribution is 7.99. The SMILES string of the molecule is CN(CC(=O)NCCCSc1ccccc1)[C@@H]1CCS(=O)(=O)C1. The van der Waals surface area contributed by atoms with Crippen LogP contribution >= 0.6 is 11.8 Å². The van der Waals surface area contributed by atoms with Gasteiger partial charge in [0.1, 0.15) is 0 Å². The summed E-state index contributed by atoms with van der Waals surface area (Å²) in [5.41, 5.74) is 0. The number of hydrogen-bond donors (Lipinski definition) is 1. The van der Waals surface area contributed by atoms with Crippen molar-refractivity contribution in [1.29, 1.82) is 0 Å². The first kappa shape index (κ1) is 18.3. The van der Waals surface area contributed by atoms with E-state index < -0.39 is 9.84 Å². The van der Waals surface area contributed by atoms with Crippen LogP contribution in [-0.2, 0) is 14.6 Å². The Morgan fingerprint density at radius 3 is 2.74 bits per heavy atom. The second-order valence-electron chi connectivity index (χ2n) is 5.84. The van der Waals surface area contributed by atoms with E-state index >= 15 is 0 Å². The van der Waals surface area contributed by atoms with Gasteiger partial charge in [-0.05, 0) is 37.8 Å². The number of thioether (sulfide) groups is 1. The first-order valence-corrected chi connectivity index (χ1v) is 10.6. The van der Waals surface area contributed by atoms with Crippen LogP contribution < -0.4 is 5.32 Å². The second kappa shape index (κ2) is 8.70. The highest BCUT2D eigenvalue weighted by atomic mass is 32.2. The molecule has 23 heavy (non-hydrogen) atoms. The molecular weight excluding hydrogens is 332 g/mol. The summed E-state index contributed by atoms with van der Waals surface area (Å²) >= 11 is 1.78. The lowest BCUT2D eigenvalue weighted by Gasteiger charge is -2.22. The lowest BCUT2D eigenvalue weighted by Crippen LogP contribution is -2.41. The largest absolute Gasteiger partial charge is 0.355 e. The van der Waals surface area contributed by atoms with Gasteiger partial charge in [-0.2, -0.15) is 0 Å². The Balaban J connectivity index is 1.58. The third-order valence-corrected chi connectivity index (χ3v) is 6.73. The summed E-state index contributed by atoms with van der Waals surface area (Å²) in [6.45, 7) is 0.904. The number of nitrogens with zero attached hydrogens (tertiary/aromatic N) is 1. The third kappa shape index (κ3) is 6.53. The zero-order chi connectivity index (χ0) is 16.7. The molecule has 0 saturated carbocycles. The summed E-state index contributed by atoms with van der Waals surface area (Å²) in [5.74, 6) is 1.33. The maximum Gasteiger partial charge on any atom is 0.234 e. The van der Waals surface area contributed by atoms with E-state index in [4.69, 9.17) is 0 Å². The van der Waals surface area contributed by atoms with E-state index in [0.29, 0.717) is 13.0 Å². The molecule has 0 bridgehead atoms. The van der Waals surface area contributed by atoms with Gasteiger partial charge < -0.3 is 5.32 Å². The van der Waals surface area contributed by atoms with Crippen LogP contribution in [0.15, 0.2) is 35.2 Å². The fraction of sp³-hybridized carbons (Fsp3) is 0.562. The van der Waals surface area contributed by atoms with Crippen LogP contribution in [0.1, 0.15) is 12.8 Å². The molecule has 1 fully saturated rings. The van der Waals surface area contributed by atoms with Gasteiger partial charge in [-0.15, -0.1) is 11.8 Å². The van der Waals surface area contributed by atoms with Gasteiger partial charge in [-0.25, -0.2) is 8.42 Å². The summed E-state index contributed by atoms with van der Waals surface area (Å²) in [7, 11) is -1.09. The number of sulfone groups is 1. The Morgan fingerprint density at radius 2 is 2.09 bits per heavy atom. The highest BCUT2D eigenvalue weighted by Gasteiger charge is 2.31. The van der Waals surface area contributed by atoms with E-state index in [-0.39, 0.29) is 30.0 Å². The number of carbonyl (C=O) groups excluding carboxylic acids is 1. The van der Waals surface area contributed by atoms with Crippen LogP contribution in [0.5, 0.6) is 0 Å². The Morgan fingerprint density at radius 1 is 1.35 bits per heavy atom. The van der Waals surface area contributed by atoms with Crippen LogP contribution in [0.4, 0.5) is 0 Å². The summed E-state index contributed by atoms with van der Waals surface area (Å²) in [5, 5.41) is 2.90. The summed E-state index contributed by atoms with van der Waals surface area (Å²) in [6, 6.07) is 10.2. The zero-order valence-electron chi connectivity index (χ0n) is 13.4. The molecule has 0 aromatic heterocycles. The number of nitrogens with one attached hydrogen (secondary N) is 1. The van der Waals surface area contributed by atoms with E-state index in [1.54, 1.807) is 11.8 Å². The molecule has 5 nitrogen and oxygen atoms in total. The molecule has 1 saturated heterocycles. The molecule has 1 aliphatic rings. The van der Waals surface area contributed by atoms with Gasteiger partial charge in [0.25, 0.3) is 0 Å². The summed E-state index contributed by atoms with van der Waals surface area (Å²) < 4.78 is 22.9. The van der Waals surface area contributed by atoms with Gasteiger partial charge in [-0.1, -0.05) is 18.2 Å². The smallest absolute Gasteiger partial charge is 0.234 e. The van der Waals surface area contributed by atoms with Gasteiger partial charge >= 0.3 is 0 Å². The first-order chi connectivity index (χ1) is 11.0. The standard InChI is InChI=1S/C16H24N2O3S2/c1-18(14-8-11-23(20,21)13-14)12-16(19)17-9-5-10-22-15-6-3-2-4-7-15/h2-4,6-7,14H,5,8-13H2,1H3,(H,17,19)/t14-/m1/s1. The Kier molecular flexibility index (Phi) is 6.92. The topological polar surface area (TPSA) is 66.5 Å². The number of amides is 1. The number of benzene rings is 1. The monoisotopic (exact) mass is 356 g/mol. The summed E-state index contributed by atoms with van der Waals surface area (Å²) in [6.07, 6.45) is 1.53. The minimum Gasteiger partial charge on any atom is -0.355 e. The number of hydrogen-bond acceptors (Lipinski definition) is 5. The predicted octanol–water partition coefficient (Wildman–Crippen LogP) is 1.40. The fourth-order valence-electron chi connectivity index (χ4n) is 2.54. The van der Waals surface area contributed by atoms with Gasteiger partial charge in [-0.3, -0.25) is 9.69 Å².